The molecule has 0 atom stereocenters. The lowest BCUT2D eigenvalue weighted by atomic mass is 9.80. The molecule has 4 aromatic rings. The number of benzene rings is 3. The summed E-state index contributed by atoms with van der Waals surface area (Å²) < 4.78 is 12.0. The van der Waals surface area contributed by atoms with E-state index in [4.69, 9.17) is 9.07 Å². The Morgan fingerprint density at radius 1 is 0.808 bits per heavy atom. The Hall–Kier alpha value is -2.30. The molecule has 3 aromatic carbocycles. The van der Waals surface area contributed by atoms with E-state index in [0.717, 1.165) is 38.2 Å². The van der Waals surface area contributed by atoms with Gasteiger partial charge in [0.15, 0.2) is 0 Å². The first-order valence-electron chi connectivity index (χ1n) is 8.84. The number of furan rings is 1. The minimum Gasteiger partial charge on any atom is -0.456 e. The van der Waals surface area contributed by atoms with E-state index in [0.29, 0.717) is 0 Å². The third-order valence-corrected chi connectivity index (χ3v) is 5.39. The molecule has 26 heavy (non-hydrogen) atoms. The van der Waals surface area contributed by atoms with Gasteiger partial charge in [-0.1, -0.05) is 42.5 Å². The first-order chi connectivity index (χ1) is 12.3. The number of para-hydroxylation sites is 1. The molecule has 1 heterocycles. The van der Waals surface area contributed by atoms with Gasteiger partial charge >= 0.3 is 7.48 Å². The van der Waals surface area contributed by atoms with Crippen molar-refractivity contribution in [2.75, 3.05) is 0 Å². The van der Waals surface area contributed by atoms with Crippen LogP contribution in [-0.2, 0) is 4.65 Å². The average molecular weight is 345 g/mol. The molecule has 0 saturated heterocycles. The fourth-order valence-corrected chi connectivity index (χ4v) is 3.06. The summed E-state index contributed by atoms with van der Waals surface area (Å²) >= 11 is 0. The summed E-state index contributed by atoms with van der Waals surface area (Å²) in [6.07, 6.45) is 0. The Morgan fingerprint density at radius 2 is 1.54 bits per heavy atom. The molecule has 1 radical (unpaired) electrons. The van der Waals surface area contributed by atoms with E-state index in [1.807, 2.05) is 50.2 Å². The average Bonchev–Trinajstić information content (AvgIpc) is 2.98. The molecular weight excluding hydrogens is 323 g/mol. The summed E-state index contributed by atoms with van der Waals surface area (Å²) in [5.41, 5.74) is 1.09. The monoisotopic (exact) mass is 345 g/mol. The largest absolute Gasteiger partial charge is 0.456 e. The lowest BCUT2D eigenvalue weighted by molar-refractivity contribution is -0.0893. The van der Waals surface area contributed by atoms with Gasteiger partial charge in [0.05, 0.1) is 11.2 Å². The minimum atomic E-state index is -0.956. The highest BCUT2D eigenvalue weighted by Crippen LogP contribution is 2.34. The van der Waals surface area contributed by atoms with Crippen LogP contribution in [0, 0.1) is 0 Å². The summed E-state index contributed by atoms with van der Waals surface area (Å²) in [6, 6.07) is 18.3. The van der Waals surface area contributed by atoms with Crippen LogP contribution < -0.4 is 5.46 Å². The van der Waals surface area contributed by atoms with Crippen molar-refractivity contribution >= 4 is 45.7 Å². The second kappa shape index (κ2) is 5.87. The van der Waals surface area contributed by atoms with Crippen LogP contribution in [0.5, 0.6) is 0 Å². The minimum absolute atomic E-state index is 0.707. The van der Waals surface area contributed by atoms with Gasteiger partial charge < -0.3 is 14.2 Å². The van der Waals surface area contributed by atoms with Crippen molar-refractivity contribution in [2.45, 2.75) is 38.9 Å². The van der Waals surface area contributed by atoms with E-state index in [1.165, 1.54) is 0 Å². The van der Waals surface area contributed by atoms with Gasteiger partial charge in [-0.3, -0.25) is 0 Å². The lowest BCUT2D eigenvalue weighted by Crippen LogP contribution is -2.49. The van der Waals surface area contributed by atoms with Crippen LogP contribution in [0.25, 0.3) is 32.7 Å². The van der Waals surface area contributed by atoms with E-state index in [1.54, 1.807) is 21.3 Å². The van der Waals surface area contributed by atoms with Crippen LogP contribution in [-0.4, -0.2) is 23.8 Å². The molecule has 4 heteroatoms. The summed E-state index contributed by atoms with van der Waals surface area (Å²) in [5.74, 6) is 0. The maximum atomic E-state index is 10.3. The number of rotatable bonds is 4. The first kappa shape index (κ1) is 17.1. The standard InChI is InChI=1S/C22H22BO3/c1-21(2,24)22(3,4)26-23-17-10-7-9-15-14(17)12-13-19-20(15)16-8-5-6-11-18(16)25-19/h5-13,24H,1-4H3. The van der Waals surface area contributed by atoms with Crippen LogP contribution in [0.15, 0.2) is 59.0 Å². The quantitative estimate of drug-likeness (QED) is 0.552. The van der Waals surface area contributed by atoms with Crippen molar-refractivity contribution in [3.63, 3.8) is 0 Å². The third kappa shape index (κ3) is 2.70. The number of aliphatic hydroxyl groups is 1. The predicted molar refractivity (Wildman–Crippen MR) is 108 cm³/mol. The molecule has 0 bridgehead atoms. The van der Waals surface area contributed by atoms with Crippen LogP contribution in [0.3, 0.4) is 0 Å². The van der Waals surface area contributed by atoms with Gasteiger partial charge in [-0.15, -0.1) is 0 Å². The smallest absolute Gasteiger partial charge is 0.331 e. The molecule has 3 nitrogen and oxygen atoms in total. The Balaban J connectivity index is 1.84. The van der Waals surface area contributed by atoms with Crippen molar-refractivity contribution in [1.29, 1.82) is 0 Å². The molecule has 0 aliphatic heterocycles. The second-order valence-corrected chi connectivity index (χ2v) is 7.78. The molecule has 1 aromatic heterocycles. The molecule has 0 amide bonds. The van der Waals surface area contributed by atoms with E-state index < -0.39 is 11.2 Å². The Morgan fingerprint density at radius 3 is 2.31 bits per heavy atom. The zero-order valence-electron chi connectivity index (χ0n) is 15.5. The molecule has 0 aliphatic carbocycles. The Kier molecular flexibility index (Phi) is 3.87. The van der Waals surface area contributed by atoms with Gasteiger partial charge in [0.25, 0.3) is 0 Å². The Labute approximate surface area is 153 Å². The zero-order chi connectivity index (χ0) is 18.5. The molecule has 0 spiro atoms. The van der Waals surface area contributed by atoms with Crippen LogP contribution in [0.1, 0.15) is 27.7 Å². The molecule has 131 valence electrons. The van der Waals surface area contributed by atoms with Gasteiger partial charge in [0.1, 0.15) is 11.2 Å². The molecule has 4 rings (SSSR count). The van der Waals surface area contributed by atoms with Gasteiger partial charge in [0.2, 0.25) is 0 Å². The number of hydrogen-bond donors (Lipinski definition) is 1. The van der Waals surface area contributed by atoms with Crippen LogP contribution in [0.2, 0.25) is 0 Å². The van der Waals surface area contributed by atoms with Crippen molar-refractivity contribution in [1.82, 2.24) is 0 Å². The SMILES string of the molecule is CC(C)(O)C(C)(C)O[B]c1cccc2c1ccc1oc3ccccc3c12. The normalized spacial score (nSPS) is 13.0. The number of fused-ring (bicyclic) bond motifs is 5. The van der Waals surface area contributed by atoms with E-state index in [2.05, 4.69) is 18.2 Å². The van der Waals surface area contributed by atoms with Gasteiger partial charge in [0, 0.05) is 10.8 Å². The highest BCUT2D eigenvalue weighted by Gasteiger charge is 2.35. The fourth-order valence-electron chi connectivity index (χ4n) is 3.06. The Bertz CT molecular complexity index is 1100. The van der Waals surface area contributed by atoms with Crippen LogP contribution in [0.4, 0.5) is 0 Å². The third-order valence-electron chi connectivity index (χ3n) is 5.39. The first-order valence-corrected chi connectivity index (χ1v) is 8.84. The molecule has 0 fully saturated rings. The topological polar surface area (TPSA) is 42.6 Å². The molecule has 0 unspecified atom stereocenters. The van der Waals surface area contributed by atoms with E-state index in [-0.39, 0.29) is 0 Å². The highest BCUT2D eigenvalue weighted by molar-refractivity contribution is 6.52. The highest BCUT2D eigenvalue weighted by atomic mass is 16.5. The van der Waals surface area contributed by atoms with Crippen LogP contribution >= 0.6 is 0 Å². The summed E-state index contributed by atoms with van der Waals surface area (Å²) in [6.45, 7) is 7.28. The van der Waals surface area contributed by atoms with E-state index >= 15 is 0 Å². The molecule has 0 aliphatic rings. The number of hydrogen-bond acceptors (Lipinski definition) is 3. The fraction of sp³-hybridized carbons (Fsp3) is 0.273. The van der Waals surface area contributed by atoms with Gasteiger partial charge in [-0.2, -0.15) is 0 Å². The maximum absolute atomic E-state index is 10.3. The van der Waals surface area contributed by atoms with Crippen molar-refractivity contribution in [3.8, 4) is 0 Å². The molecule has 0 saturated carbocycles. The van der Waals surface area contributed by atoms with Crippen molar-refractivity contribution in [3.05, 3.63) is 54.6 Å². The lowest BCUT2D eigenvalue weighted by Gasteiger charge is -2.37. The molecule has 1 N–H and O–H groups in total. The zero-order valence-corrected chi connectivity index (χ0v) is 15.5. The summed E-state index contributed by atoms with van der Waals surface area (Å²) in [4.78, 5) is 0. The molecular formula is C22H22BO3. The second-order valence-electron chi connectivity index (χ2n) is 7.78. The van der Waals surface area contributed by atoms with E-state index in [9.17, 15) is 5.11 Å². The van der Waals surface area contributed by atoms with Crippen molar-refractivity contribution in [2.24, 2.45) is 0 Å². The maximum Gasteiger partial charge on any atom is 0.331 e. The van der Waals surface area contributed by atoms with Gasteiger partial charge in [-0.25, -0.2) is 0 Å². The van der Waals surface area contributed by atoms with Gasteiger partial charge in [-0.05, 0) is 56.1 Å². The predicted octanol–water partition coefficient (Wildman–Crippen LogP) is 4.55. The van der Waals surface area contributed by atoms with Crippen molar-refractivity contribution < 1.29 is 14.2 Å². The summed E-state index contributed by atoms with van der Waals surface area (Å²) in [5, 5.41) is 14.8. The summed E-state index contributed by atoms with van der Waals surface area (Å²) in [7, 11) is 1.74.